The Morgan fingerprint density at radius 1 is 1.21 bits per heavy atom. The second-order valence-electron chi connectivity index (χ2n) is 8.32. The number of ketones is 1. The van der Waals surface area contributed by atoms with Crippen LogP contribution in [0.1, 0.15) is 45.3 Å². The van der Waals surface area contributed by atoms with E-state index >= 15 is 0 Å². The van der Waals surface area contributed by atoms with Crippen molar-refractivity contribution in [3.05, 3.63) is 62.9 Å². The molecule has 1 aliphatic rings. The number of H-pyrrole nitrogens is 1. The number of esters is 1. The molecule has 3 rings (SSSR count). The lowest BCUT2D eigenvalue weighted by molar-refractivity contribution is -0.139. The summed E-state index contributed by atoms with van der Waals surface area (Å²) in [5.41, 5.74) is 2.04. The molecule has 0 aliphatic carbocycles. The van der Waals surface area contributed by atoms with Gasteiger partial charge in [-0.25, -0.2) is 4.79 Å². The van der Waals surface area contributed by atoms with Gasteiger partial charge in [-0.3, -0.25) is 9.59 Å². The van der Waals surface area contributed by atoms with Crippen LogP contribution in [0.5, 0.6) is 0 Å². The predicted molar refractivity (Wildman–Crippen MR) is 125 cm³/mol. The number of methoxy groups -OCH3 is 1. The van der Waals surface area contributed by atoms with E-state index < -0.39 is 23.7 Å². The Morgan fingerprint density at radius 2 is 1.85 bits per heavy atom. The highest BCUT2D eigenvalue weighted by atomic mass is 35.5. The number of nitrogens with zero attached hydrogens (tertiary/aromatic N) is 2. The molecule has 1 fully saturated rings. The predicted octanol–water partition coefficient (Wildman–Crippen LogP) is 3.44. The number of likely N-dealkylation sites (tertiary alicyclic amines) is 1. The Balaban J connectivity index is 2.17. The maximum absolute atomic E-state index is 13.2. The number of carbonyl (C=O) groups is 3. The second-order valence-corrected chi connectivity index (χ2v) is 8.75. The fourth-order valence-electron chi connectivity index (χ4n) is 4.21. The first-order chi connectivity index (χ1) is 15.6. The van der Waals surface area contributed by atoms with Gasteiger partial charge in [0, 0.05) is 22.8 Å². The number of hydrogen-bond acceptors (Lipinski definition) is 6. The minimum absolute atomic E-state index is 0.0196. The van der Waals surface area contributed by atoms with E-state index in [2.05, 4.69) is 4.98 Å². The Labute approximate surface area is 197 Å². The van der Waals surface area contributed by atoms with Crippen molar-refractivity contribution in [3.63, 3.8) is 0 Å². The highest BCUT2D eigenvalue weighted by Crippen LogP contribution is 2.41. The number of aromatic nitrogens is 1. The maximum atomic E-state index is 13.2. The summed E-state index contributed by atoms with van der Waals surface area (Å²) in [7, 11) is 5.12. The van der Waals surface area contributed by atoms with E-state index in [9.17, 15) is 19.5 Å². The number of halogens is 1. The smallest absolute Gasteiger partial charge is 0.354 e. The monoisotopic (exact) mass is 473 g/mol. The van der Waals surface area contributed by atoms with Gasteiger partial charge in [0.25, 0.3) is 11.7 Å². The number of ether oxygens (including phenoxy) is 1. The fraction of sp³-hybridized carbons (Fsp3) is 0.375. The topological polar surface area (TPSA) is 103 Å². The zero-order valence-corrected chi connectivity index (χ0v) is 20.1. The Kier molecular flexibility index (Phi) is 7.29. The SMILES string of the molecule is COC(=O)c1[nH]c(C)c(/C(O)=C2\C(=O)C(=O)N(CCCN(C)C)[C@H]2c2ccc(Cl)cc2)c1C. The molecule has 1 amide bonds. The lowest BCUT2D eigenvalue weighted by Gasteiger charge is -2.26. The number of aliphatic hydroxyl groups excluding tert-OH is 1. The van der Waals surface area contributed by atoms with Crippen LogP contribution in [-0.2, 0) is 14.3 Å². The number of benzene rings is 1. The zero-order valence-electron chi connectivity index (χ0n) is 19.4. The normalized spacial score (nSPS) is 17.8. The molecule has 0 bridgehead atoms. The molecule has 2 heterocycles. The van der Waals surface area contributed by atoms with Gasteiger partial charge in [-0.15, -0.1) is 0 Å². The Hall–Kier alpha value is -3.10. The molecule has 2 aromatic rings. The zero-order chi connectivity index (χ0) is 24.4. The van der Waals surface area contributed by atoms with E-state index in [-0.39, 0.29) is 17.0 Å². The molecule has 1 aromatic heterocycles. The Morgan fingerprint density at radius 3 is 2.42 bits per heavy atom. The van der Waals surface area contributed by atoms with Crippen molar-refractivity contribution in [2.75, 3.05) is 34.3 Å². The van der Waals surface area contributed by atoms with E-state index in [1.165, 1.54) is 12.0 Å². The van der Waals surface area contributed by atoms with Crippen molar-refractivity contribution in [2.24, 2.45) is 0 Å². The number of carbonyl (C=O) groups excluding carboxylic acids is 3. The third kappa shape index (κ3) is 4.67. The molecule has 0 unspecified atom stereocenters. The molecule has 176 valence electrons. The molecule has 9 heteroatoms. The first-order valence-electron chi connectivity index (χ1n) is 10.5. The van der Waals surface area contributed by atoms with Crippen molar-refractivity contribution in [3.8, 4) is 0 Å². The van der Waals surface area contributed by atoms with Gasteiger partial charge in [0.2, 0.25) is 0 Å². The summed E-state index contributed by atoms with van der Waals surface area (Å²) >= 11 is 6.05. The molecular formula is C24H28ClN3O5. The van der Waals surface area contributed by atoms with Gasteiger partial charge in [0.15, 0.2) is 0 Å². The number of aryl methyl sites for hydroxylation is 1. The van der Waals surface area contributed by atoms with Crippen LogP contribution in [0.25, 0.3) is 5.76 Å². The van der Waals surface area contributed by atoms with Crippen LogP contribution in [0.2, 0.25) is 5.02 Å². The van der Waals surface area contributed by atoms with Crippen LogP contribution in [-0.4, -0.2) is 71.8 Å². The van der Waals surface area contributed by atoms with Crippen LogP contribution in [0.4, 0.5) is 0 Å². The van der Waals surface area contributed by atoms with Crippen LogP contribution in [0, 0.1) is 13.8 Å². The van der Waals surface area contributed by atoms with Crippen molar-refractivity contribution in [1.82, 2.24) is 14.8 Å². The molecule has 2 N–H and O–H groups in total. The quantitative estimate of drug-likeness (QED) is 0.276. The summed E-state index contributed by atoms with van der Waals surface area (Å²) < 4.78 is 4.80. The maximum Gasteiger partial charge on any atom is 0.354 e. The lowest BCUT2D eigenvalue weighted by atomic mass is 9.94. The number of amides is 1. The van der Waals surface area contributed by atoms with E-state index in [1.54, 1.807) is 38.1 Å². The average molecular weight is 474 g/mol. The molecule has 1 aliphatic heterocycles. The molecule has 0 saturated carbocycles. The second kappa shape index (κ2) is 9.80. The fourth-order valence-corrected chi connectivity index (χ4v) is 4.33. The summed E-state index contributed by atoms with van der Waals surface area (Å²) in [6.45, 7) is 4.40. The summed E-state index contributed by atoms with van der Waals surface area (Å²) in [6.07, 6.45) is 0.652. The minimum Gasteiger partial charge on any atom is -0.507 e. The van der Waals surface area contributed by atoms with E-state index in [1.807, 2.05) is 19.0 Å². The highest BCUT2D eigenvalue weighted by molar-refractivity contribution is 6.46. The van der Waals surface area contributed by atoms with Gasteiger partial charge < -0.3 is 24.6 Å². The van der Waals surface area contributed by atoms with Gasteiger partial charge in [0.1, 0.15) is 11.5 Å². The molecule has 0 spiro atoms. The van der Waals surface area contributed by atoms with Crippen LogP contribution in [0.15, 0.2) is 29.8 Å². The van der Waals surface area contributed by atoms with Gasteiger partial charge in [-0.1, -0.05) is 23.7 Å². The minimum atomic E-state index is -0.778. The first kappa shape index (κ1) is 24.5. The van der Waals surface area contributed by atoms with Crippen molar-refractivity contribution >= 4 is 35.0 Å². The molecule has 1 aromatic carbocycles. The van der Waals surface area contributed by atoms with Crippen molar-refractivity contribution < 1.29 is 24.2 Å². The van der Waals surface area contributed by atoms with E-state index in [4.69, 9.17) is 16.3 Å². The van der Waals surface area contributed by atoms with E-state index in [0.717, 1.165) is 6.54 Å². The largest absolute Gasteiger partial charge is 0.507 e. The standard InChI is InChI=1S/C24H28ClN3O5/c1-13-17(14(2)26-19(13)24(32)33-5)21(29)18-20(15-7-9-16(25)10-8-15)28(23(31)22(18)30)12-6-11-27(3)4/h7-10,20,26,29H,6,11-12H2,1-5H3/b21-18+/t20-/m0/s1. The number of rotatable bonds is 7. The molecule has 0 radical (unpaired) electrons. The van der Waals surface area contributed by atoms with Crippen LogP contribution >= 0.6 is 11.6 Å². The summed E-state index contributed by atoms with van der Waals surface area (Å²) in [6, 6.07) is 6.06. The Bertz CT molecular complexity index is 1120. The third-order valence-electron chi connectivity index (χ3n) is 5.79. The average Bonchev–Trinajstić information content (AvgIpc) is 3.20. The first-order valence-corrected chi connectivity index (χ1v) is 10.9. The number of Topliss-reactive ketones (excluding diaryl/α,β-unsaturated/α-hetero) is 1. The van der Waals surface area contributed by atoms with Gasteiger partial charge >= 0.3 is 5.97 Å². The number of nitrogens with one attached hydrogen (secondary N) is 1. The summed E-state index contributed by atoms with van der Waals surface area (Å²) in [4.78, 5) is 44.7. The number of aromatic amines is 1. The summed E-state index contributed by atoms with van der Waals surface area (Å²) in [5.74, 6) is -2.36. The number of hydrogen-bond donors (Lipinski definition) is 2. The van der Waals surface area contributed by atoms with Gasteiger partial charge in [0.05, 0.1) is 18.7 Å². The molecule has 33 heavy (non-hydrogen) atoms. The van der Waals surface area contributed by atoms with Crippen molar-refractivity contribution in [2.45, 2.75) is 26.3 Å². The highest BCUT2D eigenvalue weighted by Gasteiger charge is 2.46. The molecule has 1 saturated heterocycles. The van der Waals surface area contributed by atoms with Crippen LogP contribution in [0.3, 0.4) is 0 Å². The summed E-state index contributed by atoms with van der Waals surface area (Å²) in [5, 5.41) is 11.8. The molecule has 1 atom stereocenters. The third-order valence-corrected chi connectivity index (χ3v) is 6.05. The van der Waals surface area contributed by atoms with E-state index in [0.29, 0.717) is 40.4 Å². The van der Waals surface area contributed by atoms with Crippen LogP contribution < -0.4 is 0 Å². The van der Waals surface area contributed by atoms with Gasteiger partial charge in [-0.05, 0) is 64.2 Å². The number of aliphatic hydroxyl groups is 1. The van der Waals surface area contributed by atoms with Gasteiger partial charge in [-0.2, -0.15) is 0 Å². The lowest BCUT2D eigenvalue weighted by Crippen LogP contribution is -2.32. The van der Waals surface area contributed by atoms with Crippen molar-refractivity contribution in [1.29, 1.82) is 0 Å². The molecular weight excluding hydrogens is 446 g/mol. The molecule has 8 nitrogen and oxygen atoms in total.